The lowest BCUT2D eigenvalue weighted by molar-refractivity contribution is -0.190. The molecule has 6 heteroatoms. The van der Waals surface area contributed by atoms with Gasteiger partial charge in [-0.1, -0.05) is 0 Å². The van der Waals surface area contributed by atoms with E-state index in [0.29, 0.717) is 0 Å². The molecule has 13 heavy (non-hydrogen) atoms. The van der Waals surface area contributed by atoms with Crippen LogP contribution in [-0.4, -0.2) is 23.3 Å². The lowest BCUT2D eigenvalue weighted by atomic mass is 9.97. The molecule has 76 valence electrons. The first-order chi connectivity index (χ1) is 5.78. The van der Waals surface area contributed by atoms with E-state index in [1.807, 2.05) is 0 Å². The third kappa shape index (κ3) is 1.93. The predicted octanol–water partition coefficient (Wildman–Crippen LogP) is 1.13. The van der Waals surface area contributed by atoms with E-state index in [-0.39, 0.29) is 12.8 Å². The third-order valence-corrected chi connectivity index (χ3v) is 2.38. The molecule has 0 bridgehead atoms. The van der Waals surface area contributed by atoms with Gasteiger partial charge in [0.2, 0.25) is 0 Å². The minimum Gasteiger partial charge on any atom is -0.480 e. The zero-order valence-electron chi connectivity index (χ0n) is 6.77. The Labute approximate surface area is 72.7 Å². The molecule has 0 saturated heterocycles. The minimum absolute atomic E-state index is 0.00250. The van der Waals surface area contributed by atoms with Crippen molar-refractivity contribution in [1.29, 1.82) is 0 Å². The van der Waals surface area contributed by atoms with Crippen LogP contribution in [0, 0.1) is 5.41 Å². The van der Waals surface area contributed by atoms with Gasteiger partial charge in [0.05, 0.1) is 5.41 Å². The maximum absolute atomic E-state index is 12.3. The average molecular weight is 197 g/mol. The van der Waals surface area contributed by atoms with Crippen molar-refractivity contribution in [2.45, 2.75) is 31.5 Å². The van der Waals surface area contributed by atoms with E-state index in [4.69, 9.17) is 10.8 Å². The zero-order chi connectivity index (χ0) is 10.3. The Balaban J connectivity index is 2.59. The topological polar surface area (TPSA) is 63.3 Å². The molecular formula is C7H10F3NO2. The summed E-state index contributed by atoms with van der Waals surface area (Å²) < 4.78 is 36.8. The van der Waals surface area contributed by atoms with Crippen LogP contribution in [0.5, 0.6) is 0 Å². The van der Waals surface area contributed by atoms with Gasteiger partial charge in [-0.05, 0) is 19.3 Å². The summed E-state index contributed by atoms with van der Waals surface area (Å²) in [7, 11) is 0. The van der Waals surface area contributed by atoms with Crippen molar-refractivity contribution in [2.24, 2.45) is 11.1 Å². The Morgan fingerprint density at radius 3 is 2.23 bits per heavy atom. The fourth-order valence-electron chi connectivity index (χ4n) is 1.26. The standard InChI is InChI=1S/C7H10F3NO2/c8-7(9,10)6(1-2-6)3-4(11)5(12)13/h4H,1-3,11H2,(H,12,13)/t4-/m0/s1. The lowest BCUT2D eigenvalue weighted by Gasteiger charge is -2.20. The maximum atomic E-state index is 12.3. The number of carbonyl (C=O) groups is 1. The molecule has 1 aliphatic carbocycles. The molecule has 0 aliphatic heterocycles. The predicted molar refractivity (Wildman–Crippen MR) is 38.0 cm³/mol. The highest BCUT2D eigenvalue weighted by atomic mass is 19.4. The van der Waals surface area contributed by atoms with E-state index in [0.717, 1.165) is 0 Å². The summed E-state index contributed by atoms with van der Waals surface area (Å²) >= 11 is 0. The van der Waals surface area contributed by atoms with Gasteiger partial charge in [-0.3, -0.25) is 4.79 Å². The molecule has 0 heterocycles. The molecule has 1 fully saturated rings. The number of nitrogens with two attached hydrogens (primary N) is 1. The number of hydrogen-bond donors (Lipinski definition) is 2. The molecule has 1 rings (SSSR count). The third-order valence-electron chi connectivity index (χ3n) is 2.38. The second-order valence-electron chi connectivity index (χ2n) is 3.43. The van der Waals surface area contributed by atoms with Crippen molar-refractivity contribution in [3.63, 3.8) is 0 Å². The van der Waals surface area contributed by atoms with Crippen LogP contribution in [0.3, 0.4) is 0 Å². The lowest BCUT2D eigenvalue weighted by Crippen LogP contribution is -2.37. The van der Waals surface area contributed by atoms with E-state index in [1.165, 1.54) is 0 Å². The van der Waals surface area contributed by atoms with Crippen molar-refractivity contribution >= 4 is 5.97 Å². The summed E-state index contributed by atoms with van der Waals surface area (Å²) in [5, 5.41) is 8.35. The highest BCUT2D eigenvalue weighted by Crippen LogP contribution is 2.60. The van der Waals surface area contributed by atoms with Crippen LogP contribution in [0.1, 0.15) is 19.3 Å². The summed E-state index contributed by atoms with van der Waals surface area (Å²) in [4.78, 5) is 10.2. The van der Waals surface area contributed by atoms with Gasteiger partial charge in [0.25, 0.3) is 0 Å². The van der Waals surface area contributed by atoms with Crippen molar-refractivity contribution in [2.75, 3.05) is 0 Å². The molecule has 1 aliphatic rings. The summed E-state index contributed by atoms with van der Waals surface area (Å²) in [6.07, 6.45) is -4.83. The highest BCUT2D eigenvalue weighted by Gasteiger charge is 2.63. The Hall–Kier alpha value is -0.780. The first-order valence-corrected chi connectivity index (χ1v) is 3.84. The molecular weight excluding hydrogens is 187 g/mol. The van der Waals surface area contributed by atoms with Crippen molar-refractivity contribution in [3.8, 4) is 0 Å². The van der Waals surface area contributed by atoms with E-state index in [2.05, 4.69) is 0 Å². The van der Waals surface area contributed by atoms with Gasteiger partial charge in [0.1, 0.15) is 6.04 Å². The molecule has 0 spiro atoms. The molecule has 0 aromatic rings. The van der Waals surface area contributed by atoms with E-state index in [1.54, 1.807) is 0 Å². The molecule has 0 amide bonds. The highest BCUT2D eigenvalue weighted by molar-refractivity contribution is 5.73. The molecule has 3 nitrogen and oxygen atoms in total. The van der Waals surface area contributed by atoms with Crippen LogP contribution >= 0.6 is 0 Å². The summed E-state index contributed by atoms with van der Waals surface area (Å²) in [5.74, 6) is -1.38. The van der Waals surface area contributed by atoms with Crippen LogP contribution in [0.2, 0.25) is 0 Å². The number of rotatable bonds is 3. The monoisotopic (exact) mass is 197 g/mol. The van der Waals surface area contributed by atoms with Gasteiger partial charge < -0.3 is 10.8 Å². The Morgan fingerprint density at radius 1 is 1.54 bits per heavy atom. The van der Waals surface area contributed by atoms with E-state index >= 15 is 0 Å². The van der Waals surface area contributed by atoms with Crippen LogP contribution in [0.4, 0.5) is 13.2 Å². The largest absolute Gasteiger partial charge is 0.480 e. The number of hydrogen-bond acceptors (Lipinski definition) is 2. The Morgan fingerprint density at radius 2 is 2.00 bits per heavy atom. The number of carboxylic acid groups (broad SMARTS) is 1. The van der Waals surface area contributed by atoms with Crippen LogP contribution in [0.15, 0.2) is 0 Å². The second kappa shape index (κ2) is 2.87. The summed E-state index contributed by atoms with van der Waals surface area (Å²) in [5.41, 5.74) is 3.23. The molecule has 0 aromatic heterocycles. The van der Waals surface area contributed by atoms with Gasteiger partial charge in [-0.25, -0.2) is 0 Å². The van der Waals surface area contributed by atoms with Crippen LogP contribution < -0.4 is 5.73 Å². The number of aliphatic carboxylic acids is 1. The van der Waals surface area contributed by atoms with Crippen molar-refractivity contribution in [1.82, 2.24) is 0 Å². The maximum Gasteiger partial charge on any atom is 0.394 e. The normalized spacial score (nSPS) is 22.5. The molecule has 3 N–H and O–H groups in total. The Kier molecular flexibility index (Phi) is 2.27. The van der Waals surface area contributed by atoms with Gasteiger partial charge in [0.15, 0.2) is 0 Å². The second-order valence-corrected chi connectivity index (χ2v) is 3.43. The van der Waals surface area contributed by atoms with Crippen molar-refractivity contribution < 1.29 is 23.1 Å². The van der Waals surface area contributed by atoms with Crippen molar-refractivity contribution in [3.05, 3.63) is 0 Å². The molecule has 1 atom stereocenters. The smallest absolute Gasteiger partial charge is 0.394 e. The first-order valence-electron chi connectivity index (χ1n) is 3.84. The van der Waals surface area contributed by atoms with Crippen LogP contribution in [-0.2, 0) is 4.79 Å². The van der Waals surface area contributed by atoms with Gasteiger partial charge >= 0.3 is 12.1 Å². The van der Waals surface area contributed by atoms with E-state index < -0.39 is 30.0 Å². The molecule has 0 radical (unpaired) electrons. The Bertz CT molecular complexity index is 222. The minimum atomic E-state index is -4.32. The van der Waals surface area contributed by atoms with Gasteiger partial charge in [-0.15, -0.1) is 0 Å². The number of carboxylic acids is 1. The molecule has 0 aromatic carbocycles. The fraction of sp³-hybridized carbons (Fsp3) is 0.857. The van der Waals surface area contributed by atoms with Crippen LogP contribution in [0.25, 0.3) is 0 Å². The average Bonchev–Trinajstić information content (AvgIpc) is 2.66. The number of alkyl halides is 3. The van der Waals surface area contributed by atoms with Gasteiger partial charge in [0, 0.05) is 0 Å². The zero-order valence-corrected chi connectivity index (χ0v) is 6.77. The first kappa shape index (κ1) is 10.3. The molecule has 0 unspecified atom stereocenters. The van der Waals surface area contributed by atoms with E-state index in [9.17, 15) is 18.0 Å². The van der Waals surface area contributed by atoms with Gasteiger partial charge in [-0.2, -0.15) is 13.2 Å². The summed E-state index contributed by atoms with van der Waals surface area (Å²) in [6, 6.07) is -1.41. The fourth-order valence-corrected chi connectivity index (χ4v) is 1.26. The molecule has 1 saturated carbocycles. The SMILES string of the molecule is N[C@@H](CC1(C(F)(F)F)CC1)C(=O)O. The quantitative estimate of drug-likeness (QED) is 0.712. The summed E-state index contributed by atoms with van der Waals surface area (Å²) in [6.45, 7) is 0. The number of halogens is 3.